The summed E-state index contributed by atoms with van der Waals surface area (Å²) in [6, 6.07) is 8.62. The lowest BCUT2D eigenvalue weighted by molar-refractivity contribution is 0.00237. The molecule has 1 heterocycles. The van der Waals surface area contributed by atoms with Crippen molar-refractivity contribution in [3.05, 3.63) is 29.8 Å². The standard InChI is InChI=1S/C15H18O/c1-2-4-14-11(3-1)9-10-15(16-14,12-5-6-12)13-7-8-13/h1-4,12-13H,5-10H2. The molecular weight excluding hydrogens is 196 g/mol. The third kappa shape index (κ3) is 1.24. The minimum Gasteiger partial charge on any atom is -0.486 e. The predicted molar refractivity (Wildman–Crippen MR) is 63.6 cm³/mol. The molecule has 1 aliphatic heterocycles. The average Bonchev–Trinajstić information content (AvgIpc) is 3.20. The van der Waals surface area contributed by atoms with Crippen molar-refractivity contribution in [1.82, 2.24) is 0 Å². The van der Waals surface area contributed by atoms with Crippen LogP contribution >= 0.6 is 0 Å². The molecule has 0 spiro atoms. The van der Waals surface area contributed by atoms with Gasteiger partial charge in [0.25, 0.3) is 0 Å². The summed E-state index contributed by atoms with van der Waals surface area (Å²) >= 11 is 0. The van der Waals surface area contributed by atoms with E-state index in [1.807, 2.05) is 0 Å². The molecule has 0 aromatic heterocycles. The second-order valence-electron chi connectivity index (χ2n) is 5.71. The van der Waals surface area contributed by atoms with Crippen LogP contribution in [0.25, 0.3) is 0 Å². The Labute approximate surface area is 96.8 Å². The van der Waals surface area contributed by atoms with Crippen molar-refractivity contribution in [2.24, 2.45) is 11.8 Å². The maximum absolute atomic E-state index is 6.47. The number of ether oxygens (including phenoxy) is 1. The van der Waals surface area contributed by atoms with Crippen molar-refractivity contribution in [3.8, 4) is 5.75 Å². The highest BCUT2D eigenvalue weighted by Gasteiger charge is 2.57. The van der Waals surface area contributed by atoms with Gasteiger partial charge in [-0.1, -0.05) is 18.2 Å². The first-order chi connectivity index (χ1) is 7.88. The van der Waals surface area contributed by atoms with Gasteiger partial charge < -0.3 is 4.74 Å². The average molecular weight is 214 g/mol. The molecule has 1 heteroatoms. The predicted octanol–water partition coefficient (Wildman–Crippen LogP) is 3.57. The maximum Gasteiger partial charge on any atom is 0.123 e. The minimum atomic E-state index is 0.244. The number of fused-ring (bicyclic) bond motifs is 1. The minimum absolute atomic E-state index is 0.244. The van der Waals surface area contributed by atoms with Crippen LogP contribution in [0.2, 0.25) is 0 Å². The Hall–Kier alpha value is -0.980. The van der Waals surface area contributed by atoms with Gasteiger partial charge in [0.2, 0.25) is 0 Å². The molecule has 1 aromatic carbocycles. The van der Waals surface area contributed by atoms with Gasteiger partial charge >= 0.3 is 0 Å². The van der Waals surface area contributed by atoms with E-state index in [0.29, 0.717) is 0 Å². The van der Waals surface area contributed by atoms with Crippen LogP contribution in [0, 0.1) is 11.8 Å². The zero-order valence-electron chi connectivity index (χ0n) is 9.61. The van der Waals surface area contributed by atoms with Gasteiger partial charge in [-0.3, -0.25) is 0 Å². The normalized spacial score (nSPS) is 27.0. The molecule has 0 atom stereocenters. The molecule has 84 valence electrons. The molecule has 1 nitrogen and oxygen atoms in total. The maximum atomic E-state index is 6.47. The fourth-order valence-electron chi connectivity index (χ4n) is 3.45. The number of rotatable bonds is 2. The number of hydrogen-bond acceptors (Lipinski definition) is 1. The van der Waals surface area contributed by atoms with E-state index in [4.69, 9.17) is 4.74 Å². The molecule has 2 aliphatic carbocycles. The van der Waals surface area contributed by atoms with Crippen LogP contribution in [-0.4, -0.2) is 5.60 Å². The van der Waals surface area contributed by atoms with E-state index in [2.05, 4.69) is 24.3 Å². The van der Waals surface area contributed by atoms with Gasteiger partial charge in [0.1, 0.15) is 11.4 Å². The Balaban J connectivity index is 1.72. The molecule has 2 saturated carbocycles. The third-order valence-electron chi connectivity index (χ3n) is 4.59. The van der Waals surface area contributed by atoms with E-state index in [1.54, 1.807) is 0 Å². The first-order valence-corrected chi connectivity index (χ1v) is 6.65. The van der Waals surface area contributed by atoms with Crippen LogP contribution in [0.3, 0.4) is 0 Å². The van der Waals surface area contributed by atoms with E-state index in [9.17, 15) is 0 Å². The molecule has 3 aliphatic rings. The highest BCUT2D eigenvalue weighted by molar-refractivity contribution is 5.37. The zero-order valence-corrected chi connectivity index (χ0v) is 9.61. The van der Waals surface area contributed by atoms with Gasteiger partial charge in [0, 0.05) is 0 Å². The first kappa shape index (κ1) is 9.09. The van der Waals surface area contributed by atoms with Crippen LogP contribution in [0.4, 0.5) is 0 Å². The highest BCUT2D eigenvalue weighted by atomic mass is 16.5. The summed E-state index contributed by atoms with van der Waals surface area (Å²) in [5.41, 5.74) is 1.66. The molecule has 4 rings (SSSR count). The topological polar surface area (TPSA) is 9.23 Å². The summed E-state index contributed by atoms with van der Waals surface area (Å²) in [7, 11) is 0. The quantitative estimate of drug-likeness (QED) is 0.731. The molecule has 0 bridgehead atoms. The SMILES string of the molecule is c1ccc2c(c1)CCC(C1CC1)(C1CC1)O2. The molecule has 0 saturated heterocycles. The summed E-state index contributed by atoms with van der Waals surface area (Å²) in [6.45, 7) is 0. The molecular formula is C15H18O. The zero-order chi connectivity index (χ0) is 10.6. The van der Waals surface area contributed by atoms with E-state index < -0.39 is 0 Å². The van der Waals surface area contributed by atoms with Gasteiger partial charge in [-0.15, -0.1) is 0 Å². The van der Waals surface area contributed by atoms with Crippen LogP contribution in [0.1, 0.15) is 37.7 Å². The van der Waals surface area contributed by atoms with Crippen LogP contribution < -0.4 is 4.74 Å². The number of aryl methyl sites for hydroxylation is 1. The molecule has 0 N–H and O–H groups in total. The van der Waals surface area contributed by atoms with Crippen molar-refractivity contribution in [2.45, 2.75) is 44.1 Å². The Morgan fingerprint density at radius 3 is 2.38 bits per heavy atom. The van der Waals surface area contributed by atoms with Gasteiger partial charge in [-0.2, -0.15) is 0 Å². The smallest absolute Gasteiger partial charge is 0.123 e. The monoisotopic (exact) mass is 214 g/mol. The summed E-state index contributed by atoms with van der Waals surface area (Å²) < 4.78 is 6.47. The van der Waals surface area contributed by atoms with Crippen molar-refractivity contribution in [1.29, 1.82) is 0 Å². The van der Waals surface area contributed by atoms with E-state index >= 15 is 0 Å². The lowest BCUT2D eigenvalue weighted by Gasteiger charge is -2.39. The summed E-state index contributed by atoms with van der Waals surface area (Å²) in [6.07, 6.45) is 8.09. The molecule has 2 fully saturated rings. The van der Waals surface area contributed by atoms with Crippen molar-refractivity contribution >= 4 is 0 Å². The molecule has 0 radical (unpaired) electrons. The summed E-state index contributed by atoms with van der Waals surface area (Å²) in [5, 5.41) is 0. The van der Waals surface area contributed by atoms with Gasteiger partial charge in [-0.25, -0.2) is 0 Å². The molecule has 0 amide bonds. The Kier molecular flexibility index (Phi) is 1.72. The van der Waals surface area contributed by atoms with E-state index in [1.165, 1.54) is 49.8 Å². The number of benzene rings is 1. The number of hydrogen-bond donors (Lipinski definition) is 0. The van der Waals surface area contributed by atoms with Gasteiger partial charge in [0.05, 0.1) is 0 Å². The van der Waals surface area contributed by atoms with E-state index in [-0.39, 0.29) is 5.60 Å². The van der Waals surface area contributed by atoms with Gasteiger partial charge in [-0.05, 0) is 62.0 Å². The highest BCUT2D eigenvalue weighted by Crippen LogP contribution is 2.57. The molecule has 1 aromatic rings. The largest absolute Gasteiger partial charge is 0.486 e. The number of para-hydroxylation sites is 1. The third-order valence-corrected chi connectivity index (χ3v) is 4.59. The second-order valence-corrected chi connectivity index (χ2v) is 5.71. The fourth-order valence-corrected chi connectivity index (χ4v) is 3.45. The fraction of sp³-hybridized carbons (Fsp3) is 0.600. The second kappa shape index (κ2) is 3.03. The Morgan fingerprint density at radius 1 is 1.00 bits per heavy atom. The lowest BCUT2D eigenvalue weighted by atomic mass is 9.83. The van der Waals surface area contributed by atoms with Crippen LogP contribution in [0.15, 0.2) is 24.3 Å². The Morgan fingerprint density at radius 2 is 1.69 bits per heavy atom. The molecule has 0 unspecified atom stereocenters. The molecule has 16 heavy (non-hydrogen) atoms. The Bertz CT molecular complexity index is 403. The summed E-state index contributed by atoms with van der Waals surface area (Å²) in [5.74, 6) is 2.91. The van der Waals surface area contributed by atoms with E-state index in [0.717, 1.165) is 11.8 Å². The van der Waals surface area contributed by atoms with Crippen LogP contribution in [-0.2, 0) is 6.42 Å². The first-order valence-electron chi connectivity index (χ1n) is 6.65. The summed E-state index contributed by atoms with van der Waals surface area (Å²) in [4.78, 5) is 0. The van der Waals surface area contributed by atoms with Gasteiger partial charge in [0.15, 0.2) is 0 Å². The van der Waals surface area contributed by atoms with Crippen molar-refractivity contribution in [2.75, 3.05) is 0 Å². The van der Waals surface area contributed by atoms with Crippen LogP contribution in [0.5, 0.6) is 5.75 Å². The van der Waals surface area contributed by atoms with Crippen molar-refractivity contribution < 1.29 is 4.74 Å². The lowest BCUT2D eigenvalue weighted by Crippen LogP contribution is -2.44. The van der Waals surface area contributed by atoms with Crippen molar-refractivity contribution in [3.63, 3.8) is 0 Å².